The topological polar surface area (TPSA) is 29.5 Å². The molecule has 0 saturated carbocycles. The minimum atomic E-state index is -0.121. The second kappa shape index (κ2) is 5.40. The van der Waals surface area contributed by atoms with Crippen LogP contribution >= 0.6 is 0 Å². The third-order valence-corrected chi connectivity index (χ3v) is 4.52. The highest BCUT2D eigenvalue weighted by Gasteiger charge is 2.46. The Hall–Kier alpha value is -1.25. The van der Waals surface area contributed by atoms with Gasteiger partial charge in [-0.2, -0.15) is 0 Å². The van der Waals surface area contributed by atoms with Crippen LogP contribution in [0.4, 0.5) is 4.79 Å². The van der Waals surface area contributed by atoms with Crippen molar-refractivity contribution < 1.29 is 9.53 Å². The summed E-state index contributed by atoms with van der Waals surface area (Å²) in [7, 11) is 0. The van der Waals surface area contributed by atoms with Gasteiger partial charge in [-0.15, -0.1) is 0 Å². The summed E-state index contributed by atoms with van der Waals surface area (Å²) < 4.78 is 5.19. The number of allylic oxidation sites excluding steroid dienone is 3. The largest absolute Gasteiger partial charge is 0.447 e. The van der Waals surface area contributed by atoms with E-state index in [1.807, 2.05) is 4.90 Å². The number of cyclic esters (lactones) is 1. The molecule has 0 bridgehead atoms. The van der Waals surface area contributed by atoms with E-state index in [2.05, 4.69) is 19.1 Å². The summed E-state index contributed by atoms with van der Waals surface area (Å²) in [5.74, 6) is 0.466. The molecule has 0 unspecified atom stereocenters. The predicted molar refractivity (Wildman–Crippen MR) is 74.6 cm³/mol. The molecular formula is C16H23NO2. The van der Waals surface area contributed by atoms with Crippen molar-refractivity contribution in [2.24, 2.45) is 5.92 Å². The maximum atomic E-state index is 11.9. The van der Waals surface area contributed by atoms with Gasteiger partial charge < -0.3 is 4.74 Å². The van der Waals surface area contributed by atoms with Crippen LogP contribution in [0.3, 0.4) is 0 Å². The molecule has 104 valence electrons. The molecule has 2 atom stereocenters. The highest BCUT2D eigenvalue weighted by atomic mass is 16.6. The molecule has 3 heteroatoms. The van der Waals surface area contributed by atoms with Gasteiger partial charge in [0.1, 0.15) is 6.61 Å². The molecule has 2 saturated heterocycles. The Labute approximate surface area is 115 Å². The van der Waals surface area contributed by atoms with Gasteiger partial charge in [0.2, 0.25) is 0 Å². The second-order valence-electron chi connectivity index (χ2n) is 5.87. The summed E-state index contributed by atoms with van der Waals surface area (Å²) >= 11 is 0. The van der Waals surface area contributed by atoms with Crippen molar-refractivity contribution >= 4 is 6.09 Å². The van der Waals surface area contributed by atoms with Gasteiger partial charge in [0.05, 0.1) is 6.04 Å². The number of ether oxygens (including phenoxy) is 1. The molecule has 0 aromatic heterocycles. The summed E-state index contributed by atoms with van der Waals surface area (Å²) in [6.07, 6.45) is 12.8. The van der Waals surface area contributed by atoms with Gasteiger partial charge >= 0.3 is 6.09 Å². The normalized spacial score (nSPS) is 28.7. The first-order chi connectivity index (χ1) is 9.31. The van der Waals surface area contributed by atoms with Crippen LogP contribution in [0.1, 0.15) is 51.9 Å². The summed E-state index contributed by atoms with van der Waals surface area (Å²) in [5.41, 5.74) is 2.76. The van der Waals surface area contributed by atoms with E-state index in [-0.39, 0.29) is 6.09 Å². The molecule has 19 heavy (non-hydrogen) atoms. The van der Waals surface area contributed by atoms with Gasteiger partial charge in [-0.25, -0.2) is 4.79 Å². The third-order valence-electron chi connectivity index (χ3n) is 4.52. The van der Waals surface area contributed by atoms with E-state index in [0.717, 1.165) is 19.3 Å². The molecule has 0 spiro atoms. The zero-order chi connectivity index (χ0) is 13.2. The smallest absolute Gasteiger partial charge is 0.414 e. The monoisotopic (exact) mass is 261 g/mol. The maximum Gasteiger partial charge on any atom is 0.414 e. The minimum Gasteiger partial charge on any atom is -0.447 e. The van der Waals surface area contributed by atoms with E-state index in [0.29, 0.717) is 18.6 Å². The van der Waals surface area contributed by atoms with Crippen LogP contribution in [0.5, 0.6) is 0 Å². The van der Waals surface area contributed by atoms with Crippen molar-refractivity contribution in [2.75, 3.05) is 6.61 Å². The molecule has 2 heterocycles. The van der Waals surface area contributed by atoms with Crippen LogP contribution in [0.2, 0.25) is 0 Å². The van der Waals surface area contributed by atoms with Gasteiger partial charge in [0, 0.05) is 11.6 Å². The SMILES string of the molecule is CCCCCCC1=C2[C@H](C=CC1)C[C@@H]1COC(=O)N21. The first kappa shape index (κ1) is 12.8. The van der Waals surface area contributed by atoms with Crippen LogP contribution in [-0.4, -0.2) is 23.6 Å². The molecule has 1 amide bonds. The molecular weight excluding hydrogens is 238 g/mol. The first-order valence-electron chi connectivity index (χ1n) is 7.65. The lowest BCUT2D eigenvalue weighted by atomic mass is 9.90. The first-order valence-corrected chi connectivity index (χ1v) is 7.65. The molecule has 2 fully saturated rings. The number of rotatable bonds is 5. The Bertz CT molecular complexity index is 424. The average Bonchev–Trinajstić information content (AvgIpc) is 2.95. The van der Waals surface area contributed by atoms with Crippen LogP contribution in [0.25, 0.3) is 0 Å². The lowest BCUT2D eigenvalue weighted by Crippen LogP contribution is -2.27. The van der Waals surface area contributed by atoms with Gasteiger partial charge in [-0.1, -0.05) is 38.3 Å². The molecule has 0 aromatic rings. The maximum absolute atomic E-state index is 11.9. The fourth-order valence-electron chi connectivity index (χ4n) is 3.59. The lowest BCUT2D eigenvalue weighted by molar-refractivity contribution is 0.162. The number of nitrogens with zero attached hydrogens (tertiary/aromatic N) is 1. The van der Waals surface area contributed by atoms with E-state index in [9.17, 15) is 4.79 Å². The van der Waals surface area contributed by atoms with E-state index >= 15 is 0 Å². The van der Waals surface area contributed by atoms with Crippen LogP contribution in [0.15, 0.2) is 23.4 Å². The van der Waals surface area contributed by atoms with Crippen LogP contribution in [0, 0.1) is 5.92 Å². The predicted octanol–water partition coefficient (Wildman–Crippen LogP) is 4.01. The van der Waals surface area contributed by atoms with Gasteiger partial charge in [0.25, 0.3) is 0 Å². The Morgan fingerprint density at radius 1 is 1.37 bits per heavy atom. The number of fused-ring (bicyclic) bond motifs is 3. The summed E-state index contributed by atoms with van der Waals surface area (Å²) in [4.78, 5) is 13.8. The third kappa shape index (κ3) is 2.31. The van der Waals surface area contributed by atoms with Crippen LogP contribution < -0.4 is 0 Å². The number of hydrogen-bond acceptors (Lipinski definition) is 2. The molecule has 0 N–H and O–H groups in total. The molecule has 2 aliphatic heterocycles. The average molecular weight is 261 g/mol. The number of unbranched alkanes of at least 4 members (excludes halogenated alkanes) is 3. The van der Waals surface area contributed by atoms with E-state index < -0.39 is 0 Å². The number of hydrogen-bond donors (Lipinski definition) is 0. The fourth-order valence-corrected chi connectivity index (χ4v) is 3.59. The molecule has 0 radical (unpaired) electrons. The summed E-state index contributed by atoms with van der Waals surface area (Å²) in [5, 5.41) is 0. The van der Waals surface area contributed by atoms with E-state index in [1.165, 1.54) is 37.0 Å². The van der Waals surface area contributed by atoms with Crippen molar-refractivity contribution in [1.82, 2.24) is 4.90 Å². The number of carbonyl (C=O) groups is 1. The van der Waals surface area contributed by atoms with Crippen molar-refractivity contribution in [3.05, 3.63) is 23.4 Å². The van der Waals surface area contributed by atoms with Crippen molar-refractivity contribution in [3.63, 3.8) is 0 Å². The zero-order valence-electron chi connectivity index (χ0n) is 11.7. The van der Waals surface area contributed by atoms with Crippen molar-refractivity contribution in [2.45, 2.75) is 57.9 Å². The van der Waals surface area contributed by atoms with E-state index in [4.69, 9.17) is 4.74 Å². The standard InChI is InChI=1S/C16H23NO2/c1-2-3-4-5-7-12-8-6-9-13-10-14-11-19-16(18)17(14)15(12)13/h6,9,13-14H,2-5,7-8,10-11H2,1H3/t13-,14-/m1/s1. The Morgan fingerprint density at radius 3 is 3.11 bits per heavy atom. The second-order valence-corrected chi connectivity index (χ2v) is 5.87. The summed E-state index contributed by atoms with van der Waals surface area (Å²) in [6, 6.07) is 0.292. The fraction of sp³-hybridized carbons (Fsp3) is 0.688. The van der Waals surface area contributed by atoms with Crippen LogP contribution in [-0.2, 0) is 4.74 Å². The zero-order valence-corrected chi connectivity index (χ0v) is 11.7. The van der Waals surface area contributed by atoms with Gasteiger partial charge in [-0.3, -0.25) is 4.90 Å². The summed E-state index contributed by atoms with van der Waals surface area (Å²) in [6.45, 7) is 2.82. The van der Waals surface area contributed by atoms with Crippen molar-refractivity contribution in [1.29, 1.82) is 0 Å². The lowest BCUT2D eigenvalue weighted by Gasteiger charge is -2.23. The molecule has 3 aliphatic rings. The molecule has 3 nitrogen and oxygen atoms in total. The highest BCUT2D eigenvalue weighted by molar-refractivity contribution is 5.74. The molecule has 0 aromatic carbocycles. The Kier molecular flexibility index (Phi) is 3.63. The number of amides is 1. The van der Waals surface area contributed by atoms with Gasteiger partial charge in [-0.05, 0) is 31.3 Å². The Morgan fingerprint density at radius 2 is 2.26 bits per heavy atom. The minimum absolute atomic E-state index is 0.121. The number of carbonyl (C=O) groups excluding carboxylic acids is 1. The van der Waals surface area contributed by atoms with Crippen molar-refractivity contribution in [3.8, 4) is 0 Å². The van der Waals surface area contributed by atoms with Gasteiger partial charge in [0.15, 0.2) is 0 Å². The Balaban J connectivity index is 1.74. The van der Waals surface area contributed by atoms with E-state index in [1.54, 1.807) is 0 Å². The molecule has 3 rings (SSSR count). The molecule has 1 aliphatic carbocycles. The quantitative estimate of drug-likeness (QED) is 0.553. The highest BCUT2D eigenvalue weighted by Crippen LogP contribution is 2.43.